The maximum absolute atomic E-state index is 13.4. The van der Waals surface area contributed by atoms with Crippen LogP contribution in [0.5, 0.6) is 0 Å². The number of hydrogen-bond acceptors (Lipinski definition) is 5. The monoisotopic (exact) mass is 367 g/mol. The highest BCUT2D eigenvalue weighted by Crippen LogP contribution is 2.14. The number of ether oxygens (including phenoxy) is 2. The number of alkyl carbamates (subject to hydrolysis) is 1. The van der Waals surface area contributed by atoms with Gasteiger partial charge in [-0.05, 0) is 59.2 Å². The SMILES string of the molecule is CC(C)(C)OC(=O)NC(=N)N(Cc1cccc(F)c1)C(=O)OC(C)(C)C. The third kappa shape index (κ3) is 7.96. The standard InChI is InChI=1S/C18H26FN3O4/c1-17(2,3)25-15(23)21-14(20)22(16(24)26-18(4,5)6)11-12-8-7-9-13(19)10-12/h7-10H,11H2,1-6H3,(H2,20,21,23). The highest BCUT2D eigenvalue weighted by Gasteiger charge is 2.27. The molecule has 1 aromatic rings. The molecule has 144 valence electrons. The van der Waals surface area contributed by atoms with E-state index in [-0.39, 0.29) is 6.54 Å². The van der Waals surface area contributed by atoms with Gasteiger partial charge < -0.3 is 9.47 Å². The Labute approximate surface area is 153 Å². The van der Waals surface area contributed by atoms with Crippen molar-refractivity contribution in [3.63, 3.8) is 0 Å². The lowest BCUT2D eigenvalue weighted by Gasteiger charge is -2.28. The molecule has 0 aliphatic rings. The van der Waals surface area contributed by atoms with Crippen molar-refractivity contribution in [3.05, 3.63) is 35.6 Å². The van der Waals surface area contributed by atoms with Crippen molar-refractivity contribution in [3.8, 4) is 0 Å². The first kappa shape index (κ1) is 21.4. The number of nitrogens with zero attached hydrogens (tertiary/aromatic N) is 1. The molecule has 0 atom stereocenters. The number of hydrogen-bond donors (Lipinski definition) is 2. The fourth-order valence-corrected chi connectivity index (χ4v) is 1.84. The molecule has 2 N–H and O–H groups in total. The van der Waals surface area contributed by atoms with Gasteiger partial charge in [-0.1, -0.05) is 12.1 Å². The topological polar surface area (TPSA) is 91.7 Å². The molecule has 0 aliphatic heterocycles. The normalized spacial score (nSPS) is 11.5. The summed E-state index contributed by atoms with van der Waals surface area (Å²) in [5, 5.41) is 10.2. The number of amides is 2. The van der Waals surface area contributed by atoms with Gasteiger partial charge in [0.2, 0.25) is 5.96 Å². The summed E-state index contributed by atoms with van der Waals surface area (Å²) in [5.41, 5.74) is -1.13. The zero-order valence-corrected chi connectivity index (χ0v) is 16.0. The molecule has 0 saturated carbocycles. The lowest BCUT2D eigenvalue weighted by molar-refractivity contribution is 0.0346. The van der Waals surface area contributed by atoms with E-state index in [0.717, 1.165) is 4.90 Å². The number of guanidine groups is 1. The number of rotatable bonds is 2. The molecule has 0 fully saturated rings. The average Bonchev–Trinajstić information content (AvgIpc) is 2.40. The number of halogens is 1. The average molecular weight is 367 g/mol. The van der Waals surface area contributed by atoms with Crippen LogP contribution < -0.4 is 5.32 Å². The molecule has 0 aromatic heterocycles. The van der Waals surface area contributed by atoms with Crippen LogP contribution in [0.15, 0.2) is 24.3 Å². The van der Waals surface area contributed by atoms with Gasteiger partial charge in [-0.15, -0.1) is 0 Å². The number of carbonyl (C=O) groups excluding carboxylic acids is 2. The Hall–Kier alpha value is -2.64. The maximum Gasteiger partial charge on any atom is 0.417 e. The van der Waals surface area contributed by atoms with Crippen LogP contribution in [0.3, 0.4) is 0 Å². The second-order valence-corrected chi connectivity index (χ2v) is 7.67. The summed E-state index contributed by atoms with van der Waals surface area (Å²) in [6.45, 7) is 9.90. The number of nitrogens with one attached hydrogen (secondary N) is 2. The molecule has 0 radical (unpaired) electrons. The molecular formula is C18H26FN3O4. The van der Waals surface area contributed by atoms with Crippen molar-refractivity contribution in [2.45, 2.75) is 59.3 Å². The van der Waals surface area contributed by atoms with Crippen LogP contribution in [0.4, 0.5) is 14.0 Å². The van der Waals surface area contributed by atoms with E-state index in [1.165, 1.54) is 18.2 Å². The smallest absolute Gasteiger partial charge is 0.417 e. The Bertz CT molecular complexity index is 678. The molecule has 8 heteroatoms. The lowest BCUT2D eigenvalue weighted by Crippen LogP contribution is -2.49. The lowest BCUT2D eigenvalue weighted by atomic mass is 10.2. The third-order valence-electron chi connectivity index (χ3n) is 2.73. The quantitative estimate of drug-likeness (QED) is 0.610. The Morgan fingerprint density at radius 3 is 2.19 bits per heavy atom. The van der Waals surface area contributed by atoms with Crippen LogP contribution in [0.25, 0.3) is 0 Å². The molecule has 1 aromatic carbocycles. The first-order valence-electron chi connectivity index (χ1n) is 8.10. The van der Waals surface area contributed by atoms with Crippen molar-refractivity contribution in [1.82, 2.24) is 10.2 Å². The van der Waals surface area contributed by atoms with E-state index in [0.29, 0.717) is 5.56 Å². The van der Waals surface area contributed by atoms with Gasteiger partial charge in [0.15, 0.2) is 0 Å². The minimum absolute atomic E-state index is 0.151. The molecule has 0 aliphatic carbocycles. The van der Waals surface area contributed by atoms with Crippen LogP contribution >= 0.6 is 0 Å². The van der Waals surface area contributed by atoms with E-state index >= 15 is 0 Å². The van der Waals surface area contributed by atoms with Crippen molar-refractivity contribution >= 4 is 18.1 Å². The van der Waals surface area contributed by atoms with Gasteiger partial charge in [0.25, 0.3) is 0 Å². The first-order chi connectivity index (χ1) is 11.8. The van der Waals surface area contributed by atoms with Crippen molar-refractivity contribution in [2.24, 2.45) is 0 Å². The van der Waals surface area contributed by atoms with Gasteiger partial charge in [0.05, 0.1) is 6.54 Å². The van der Waals surface area contributed by atoms with Gasteiger partial charge in [-0.25, -0.2) is 18.9 Å². The molecule has 2 amide bonds. The molecule has 7 nitrogen and oxygen atoms in total. The van der Waals surface area contributed by atoms with Crippen molar-refractivity contribution in [2.75, 3.05) is 0 Å². The Morgan fingerprint density at radius 1 is 1.12 bits per heavy atom. The van der Waals surface area contributed by atoms with E-state index in [1.54, 1.807) is 47.6 Å². The van der Waals surface area contributed by atoms with Gasteiger partial charge in [0, 0.05) is 0 Å². The van der Waals surface area contributed by atoms with Gasteiger partial charge >= 0.3 is 12.2 Å². The molecule has 0 heterocycles. The summed E-state index contributed by atoms with van der Waals surface area (Å²) < 4.78 is 23.8. The summed E-state index contributed by atoms with van der Waals surface area (Å²) in [7, 11) is 0. The fraction of sp³-hybridized carbons (Fsp3) is 0.500. The van der Waals surface area contributed by atoms with Crippen molar-refractivity contribution < 1.29 is 23.5 Å². The minimum atomic E-state index is -0.879. The molecule has 1 rings (SSSR count). The van der Waals surface area contributed by atoms with E-state index in [2.05, 4.69) is 5.32 Å². The molecule has 26 heavy (non-hydrogen) atoms. The number of carbonyl (C=O) groups is 2. The Balaban J connectivity index is 2.97. The van der Waals surface area contributed by atoms with E-state index in [1.807, 2.05) is 0 Å². The van der Waals surface area contributed by atoms with Crippen LogP contribution in [0.1, 0.15) is 47.1 Å². The largest absolute Gasteiger partial charge is 0.444 e. The molecule has 0 unspecified atom stereocenters. The third-order valence-corrected chi connectivity index (χ3v) is 2.73. The predicted molar refractivity (Wildman–Crippen MR) is 95.3 cm³/mol. The fourth-order valence-electron chi connectivity index (χ4n) is 1.84. The second kappa shape index (κ2) is 8.16. The number of benzene rings is 1. The van der Waals surface area contributed by atoms with E-state index in [9.17, 15) is 14.0 Å². The van der Waals surface area contributed by atoms with Crippen LogP contribution in [-0.4, -0.2) is 34.2 Å². The van der Waals surface area contributed by atoms with E-state index < -0.39 is 35.2 Å². The summed E-state index contributed by atoms with van der Waals surface area (Å²) in [5.74, 6) is -1.00. The van der Waals surface area contributed by atoms with Crippen LogP contribution in [0, 0.1) is 11.2 Å². The molecule has 0 spiro atoms. The van der Waals surface area contributed by atoms with Crippen LogP contribution in [0.2, 0.25) is 0 Å². The van der Waals surface area contributed by atoms with Gasteiger partial charge in [0.1, 0.15) is 17.0 Å². The molecular weight excluding hydrogens is 341 g/mol. The minimum Gasteiger partial charge on any atom is -0.444 e. The maximum atomic E-state index is 13.4. The summed E-state index contributed by atoms with van der Waals surface area (Å²) in [6, 6.07) is 5.59. The van der Waals surface area contributed by atoms with Gasteiger partial charge in [-0.2, -0.15) is 0 Å². The van der Waals surface area contributed by atoms with Crippen LogP contribution in [-0.2, 0) is 16.0 Å². The van der Waals surface area contributed by atoms with Gasteiger partial charge in [-0.3, -0.25) is 10.7 Å². The van der Waals surface area contributed by atoms with E-state index in [4.69, 9.17) is 14.9 Å². The Kier molecular flexibility index (Phi) is 6.72. The predicted octanol–water partition coefficient (Wildman–Crippen LogP) is 4.02. The molecule has 0 saturated heterocycles. The van der Waals surface area contributed by atoms with Crippen molar-refractivity contribution in [1.29, 1.82) is 5.41 Å². The zero-order chi connectivity index (χ0) is 20.1. The highest BCUT2D eigenvalue weighted by atomic mass is 19.1. The summed E-state index contributed by atoms with van der Waals surface area (Å²) in [4.78, 5) is 25.2. The summed E-state index contributed by atoms with van der Waals surface area (Å²) >= 11 is 0. The highest BCUT2D eigenvalue weighted by molar-refractivity contribution is 5.99. The summed E-state index contributed by atoms with van der Waals surface area (Å²) in [6.07, 6.45) is -1.72. The first-order valence-corrected chi connectivity index (χ1v) is 8.10. The second-order valence-electron chi connectivity index (χ2n) is 7.67. The Morgan fingerprint density at radius 2 is 1.69 bits per heavy atom. The zero-order valence-electron chi connectivity index (χ0n) is 16.0. The molecule has 0 bridgehead atoms.